The first-order chi connectivity index (χ1) is 15.4. The van der Waals surface area contributed by atoms with Gasteiger partial charge >= 0.3 is 0 Å². The van der Waals surface area contributed by atoms with Gasteiger partial charge in [0.2, 0.25) is 4.77 Å². The Morgan fingerprint density at radius 3 is 2.44 bits per heavy atom. The monoisotopic (exact) mass is 482 g/mol. The molecule has 3 aromatic carbocycles. The van der Waals surface area contributed by atoms with E-state index < -0.39 is 0 Å². The summed E-state index contributed by atoms with van der Waals surface area (Å²) < 4.78 is 3.87. The fourth-order valence-electron chi connectivity index (χ4n) is 3.34. The Kier molecular flexibility index (Phi) is 6.74. The van der Waals surface area contributed by atoms with Gasteiger partial charge in [-0.25, -0.2) is 4.68 Å². The van der Waals surface area contributed by atoms with Crippen LogP contribution in [0.25, 0.3) is 5.69 Å². The zero-order valence-electron chi connectivity index (χ0n) is 17.3. The zero-order valence-corrected chi connectivity index (χ0v) is 19.6. The van der Waals surface area contributed by atoms with Crippen LogP contribution in [0.5, 0.6) is 0 Å². The number of para-hydroxylation sites is 1. The standard InChI is InChI=1S/C24H20Cl2N4OS/c1-16-20(26)8-5-9-21(16)27-14-23-28-29(15-22(31)17-10-12-18(25)13-11-17)24(32)30(23)19-6-3-2-4-7-19/h2-13,27H,14-15H2,1H3. The Morgan fingerprint density at radius 1 is 1.00 bits per heavy atom. The van der Waals surface area contributed by atoms with Gasteiger partial charge in [-0.15, -0.1) is 0 Å². The van der Waals surface area contributed by atoms with Gasteiger partial charge in [0.1, 0.15) is 6.54 Å². The molecule has 4 rings (SSSR count). The van der Waals surface area contributed by atoms with E-state index in [1.807, 2.05) is 60.0 Å². The molecule has 0 fully saturated rings. The number of hydrogen-bond donors (Lipinski definition) is 1. The number of aromatic nitrogens is 3. The van der Waals surface area contributed by atoms with Gasteiger partial charge in [0.25, 0.3) is 0 Å². The maximum Gasteiger partial charge on any atom is 0.203 e. The van der Waals surface area contributed by atoms with Crippen molar-refractivity contribution in [1.29, 1.82) is 0 Å². The maximum atomic E-state index is 12.8. The van der Waals surface area contributed by atoms with Crippen LogP contribution in [0.15, 0.2) is 72.8 Å². The van der Waals surface area contributed by atoms with Crippen LogP contribution >= 0.6 is 35.4 Å². The van der Waals surface area contributed by atoms with Crippen LogP contribution < -0.4 is 5.32 Å². The van der Waals surface area contributed by atoms with E-state index in [2.05, 4.69) is 10.4 Å². The second-order valence-corrected chi connectivity index (χ2v) is 8.43. The number of nitrogens with zero attached hydrogens (tertiary/aromatic N) is 3. The predicted molar refractivity (Wildman–Crippen MR) is 132 cm³/mol. The van der Waals surface area contributed by atoms with Gasteiger partial charge in [-0.2, -0.15) is 5.10 Å². The molecular formula is C24H20Cl2N4OS. The molecule has 162 valence electrons. The average molecular weight is 483 g/mol. The molecular weight excluding hydrogens is 463 g/mol. The summed E-state index contributed by atoms with van der Waals surface area (Å²) in [5, 5.41) is 9.32. The first kappa shape index (κ1) is 22.3. The summed E-state index contributed by atoms with van der Waals surface area (Å²) >= 11 is 17.9. The fraction of sp³-hybridized carbons (Fsp3) is 0.125. The molecule has 1 aromatic heterocycles. The summed E-state index contributed by atoms with van der Waals surface area (Å²) in [7, 11) is 0. The molecule has 0 bridgehead atoms. The molecule has 4 aromatic rings. The molecule has 0 amide bonds. The molecule has 0 spiro atoms. The molecule has 0 aliphatic rings. The van der Waals surface area contributed by atoms with Crippen molar-refractivity contribution >= 4 is 46.9 Å². The van der Waals surface area contributed by atoms with Crippen molar-refractivity contribution in [3.05, 3.63) is 105 Å². The third kappa shape index (κ3) is 4.78. The summed E-state index contributed by atoms with van der Waals surface area (Å²) in [6.45, 7) is 2.39. The highest BCUT2D eigenvalue weighted by atomic mass is 35.5. The molecule has 0 aliphatic carbocycles. The van der Waals surface area contributed by atoms with Crippen molar-refractivity contribution in [2.45, 2.75) is 20.0 Å². The number of anilines is 1. The van der Waals surface area contributed by atoms with Crippen LogP contribution in [0.3, 0.4) is 0 Å². The van der Waals surface area contributed by atoms with Gasteiger partial charge < -0.3 is 5.32 Å². The molecule has 0 atom stereocenters. The van der Waals surface area contributed by atoms with E-state index in [1.54, 1.807) is 28.9 Å². The largest absolute Gasteiger partial charge is 0.377 e. The lowest BCUT2D eigenvalue weighted by molar-refractivity contribution is 0.0967. The van der Waals surface area contributed by atoms with E-state index >= 15 is 0 Å². The first-order valence-electron chi connectivity index (χ1n) is 9.96. The smallest absolute Gasteiger partial charge is 0.203 e. The summed E-state index contributed by atoms with van der Waals surface area (Å²) in [5.74, 6) is 0.588. The molecule has 1 heterocycles. The minimum absolute atomic E-state index is 0.0312. The number of benzene rings is 3. The molecule has 0 saturated heterocycles. The third-order valence-corrected chi connectivity index (χ3v) is 6.14. The van der Waals surface area contributed by atoms with Crippen molar-refractivity contribution in [3.8, 4) is 5.69 Å². The predicted octanol–water partition coefficient (Wildman–Crippen LogP) is 6.51. The Bertz CT molecular complexity index is 1310. The van der Waals surface area contributed by atoms with E-state index in [-0.39, 0.29) is 12.3 Å². The maximum absolute atomic E-state index is 12.8. The number of nitrogens with one attached hydrogen (secondary N) is 1. The number of Topliss-reactive ketones (excluding diaryl/α,β-unsaturated/α-hetero) is 1. The summed E-state index contributed by atoms with van der Waals surface area (Å²) in [4.78, 5) is 12.8. The van der Waals surface area contributed by atoms with Crippen LogP contribution in [0.2, 0.25) is 10.0 Å². The zero-order chi connectivity index (χ0) is 22.7. The highest BCUT2D eigenvalue weighted by molar-refractivity contribution is 7.71. The minimum Gasteiger partial charge on any atom is -0.377 e. The van der Waals surface area contributed by atoms with Gasteiger partial charge in [-0.05, 0) is 73.2 Å². The first-order valence-corrected chi connectivity index (χ1v) is 11.1. The van der Waals surface area contributed by atoms with E-state index in [0.29, 0.717) is 32.7 Å². The lowest BCUT2D eigenvalue weighted by Gasteiger charge is -2.11. The van der Waals surface area contributed by atoms with Gasteiger partial charge in [0, 0.05) is 27.0 Å². The molecule has 32 heavy (non-hydrogen) atoms. The number of ketones is 1. The molecule has 0 aliphatic heterocycles. The summed E-state index contributed by atoms with van der Waals surface area (Å²) in [6, 6.07) is 22.2. The van der Waals surface area contributed by atoms with Crippen LogP contribution in [0.4, 0.5) is 5.69 Å². The van der Waals surface area contributed by atoms with Crippen molar-refractivity contribution in [1.82, 2.24) is 14.3 Å². The number of hydrogen-bond acceptors (Lipinski definition) is 4. The normalized spacial score (nSPS) is 10.8. The van der Waals surface area contributed by atoms with Crippen molar-refractivity contribution in [2.75, 3.05) is 5.32 Å². The molecule has 0 unspecified atom stereocenters. The second-order valence-electron chi connectivity index (χ2n) is 7.22. The molecule has 1 N–H and O–H groups in total. The fourth-order valence-corrected chi connectivity index (χ4v) is 3.96. The SMILES string of the molecule is Cc1c(Cl)cccc1NCc1nn(CC(=O)c2ccc(Cl)cc2)c(=S)n1-c1ccccc1. The molecule has 0 saturated carbocycles. The van der Waals surface area contributed by atoms with Crippen molar-refractivity contribution in [3.63, 3.8) is 0 Å². The van der Waals surface area contributed by atoms with Crippen LogP contribution in [0.1, 0.15) is 21.7 Å². The van der Waals surface area contributed by atoms with E-state index in [9.17, 15) is 4.79 Å². The molecule has 8 heteroatoms. The molecule has 0 radical (unpaired) electrons. The highest BCUT2D eigenvalue weighted by Crippen LogP contribution is 2.24. The Hall–Kier alpha value is -2.93. The third-order valence-electron chi connectivity index (χ3n) is 5.08. The topological polar surface area (TPSA) is 51.9 Å². The van der Waals surface area contributed by atoms with E-state index in [0.717, 1.165) is 16.9 Å². The minimum atomic E-state index is -0.0966. The Morgan fingerprint density at radius 2 is 1.72 bits per heavy atom. The number of carbonyl (C=O) groups is 1. The lowest BCUT2D eigenvalue weighted by Crippen LogP contribution is -2.12. The highest BCUT2D eigenvalue weighted by Gasteiger charge is 2.16. The van der Waals surface area contributed by atoms with Gasteiger partial charge in [0.05, 0.1) is 6.54 Å². The summed E-state index contributed by atoms with van der Waals surface area (Å²) in [5.41, 5.74) is 3.30. The van der Waals surface area contributed by atoms with Gasteiger partial charge in [-0.1, -0.05) is 47.5 Å². The van der Waals surface area contributed by atoms with Gasteiger partial charge in [-0.3, -0.25) is 9.36 Å². The van der Waals surface area contributed by atoms with E-state index in [1.165, 1.54) is 0 Å². The van der Waals surface area contributed by atoms with Gasteiger partial charge in [0.15, 0.2) is 11.6 Å². The average Bonchev–Trinajstić information content (AvgIpc) is 3.10. The lowest BCUT2D eigenvalue weighted by atomic mass is 10.1. The number of halogens is 2. The van der Waals surface area contributed by atoms with Crippen LogP contribution in [-0.4, -0.2) is 20.1 Å². The Balaban J connectivity index is 1.67. The quantitative estimate of drug-likeness (QED) is 0.240. The summed E-state index contributed by atoms with van der Waals surface area (Å²) in [6.07, 6.45) is 0. The van der Waals surface area contributed by atoms with Crippen molar-refractivity contribution < 1.29 is 4.79 Å². The number of carbonyl (C=O) groups excluding carboxylic acids is 1. The Labute approximate surface area is 201 Å². The second kappa shape index (κ2) is 9.69. The number of rotatable bonds is 7. The molecule has 5 nitrogen and oxygen atoms in total. The van der Waals surface area contributed by atoms with Crippen molar-refractivity contribution in [2.24, 2.45) is 0 Å². The van der Waals surface area contributed by atoms with Crippen LogP contribution in [0, 0.1) is 11.7 Å². The van der Waals surface area contributed by atoms with E-state index in [4.69, 9.17) is 35.4 Å². The van der Waals surface area contributed by atoms with Crippen LogP contribution in [-0.2, 0) is 13.1 Å².